The van der Waals surface area contributed by atoms with E-state index in [2.05, 4.69) is 29.6 Å². The summed E-state index contributed by atoms with van der Waals surface area (Å²) in [6, 6.07) is 0. The molecule has 0 unspecified atom stereocenters. The normalized spacial score (nSPS) is 11.2. The minimum Gasteiger partial charge on any atom is -0.126 e. The van der Waals surface area contributed by atoms with Gasteiger partial charge in [0, 0.05) is 0 Å². The highest BCUT2D eigenvalue weighted by atomic mass is 31.0. The van der Waals surface area contributed by atoms with Gasteiger partial charge in [0.05, 0.1) is 0 Å². The van der Waals surface area contributed by atoms with Gasteiger partial charge in [0.25, 0.3) is 0 Å². The Kier molecular flexibility index (Phi) is 1.80. The van der Waals surface area contributed by atoms with E-state index in [0.717, 1.165) is 0 Å². The van der Waals surface area contributed by atoms with Gasteiger partial charge in [-0.05, 0) is 5.41 Å². The molecule has 0 N–H and O–H groups in total. The molecule has 0 bridgehead atoms. The van der Waals surface area contributed by atoms with E-state index < -0.39 is 0 Å². The van der Waals surface area contributed by atoms with Crippen molar-refractivity contribution in [3.63, 3.8) is 0 Å². The topological polar surface area (TPSA) is 0 Å². The van der Waals surface area contributed by atoms with Crippen LogP contribution in [0.15, 0.2) is 0 Å². The van der Waals surface area contributed by atoms with Gasteiger partial charge < -0.3 is 0 Å². The third-order valence-electron chi connectivity index (χ3n) is 0.433. The fourth-order valence-electron chi connectivity index (χ4n) is 0. The molecule has 0 spiro atoms. The molecular formula is C5H11P. The maximum Gasteiger partial charge on any atom is -0.0163 e. The van der Waals surface area contributed by atoms with Crippen molar-refractivity contribution in [3.05, 3.63) is 0 Å². The fourth-order valence-corrected chi connectivity index (χ4v) is 0. The van der Waals surface area contributed by atoms with E-state index in [-0.39, 0.29) is 0 Å². The standard InChI is InChI=1S/C5H11P/c1-5(2,3)4-6/h4,6H,1-3H3. The monoisotopic (exact) mass is 102 g/mol. The Morgan fingerprint density at radius 1 is 1.33 bits per heavy atom. The SMILES string of the molecule is CC(C)(C)C=P. The predicted molar refractivity (Wildman–Crippen MR) is 33.8 cm³/mol. The van der Waals surface area contributed by atoms with E-state index in [9.17, 15) is 0 Å². The lowest BCUT2D eigenvalue weighted by atomic mass is 10.0. The molecule has 0 saturated heterocycles. The van der Waals surface area contributed by atoms with E-state index in [0.29, 0.717) is 5.41 Å². The molecule has 36 valence electrons. The number of hydrogen-bond acceptors (Lipinski definition) is 0. The zero-order valence-corrected chi connectivity index (χ0v) is 5.58. The predicted octanol–water partition coefficient (Wildman–Crippen LogP) is 1.98. The van der Waals surface area contributed by atoms with Crippen molar-refractivity contribution < 1.29 is 0 Å². The van der Waals surface area contributed by atoms with Gasteiger partial charge in [0.15, 0.2) is 0 Å². The van der Waals surface area contributed by atoms with Crippen molar-refractivity contribution in [2.75, 3.05) is 0 Å². The van der Waals surface area contributed by atoms with Crippen LogP contribution in [0.2, 0.25) is 0 Å². The molecule has 0 saturated carbocycles. The van der Waals surface area contributed by atoms with Gasteiger partial charge in [-0.1, -0.05) is 26.6 Å². The Labute approximate surface area is 41.8 Å². The molecule has 0 aromatic rings. The minimum atomic E-state index is 0.330. The Morgan fingerprint density at radius 3 is 1.50 bits per heavy atom. The van der Waals surface area contributed by atoms with E-state index in [1.54, 1.807) is 0 Å². The lowest BCUT2D eigenvalue weighted by molar-refractivity contribution is 0.615. The van der Waals surface area contributed by atoms with Crippen LogP contribution in [-0.4, -0.2) is 5.80 Å². The molecule has 1 heteroatoms. The largest absolute Gasteiger partial charge is 0.126 e. The van der Waals surface area contributed by atoms with E-state index in [1.165, 1.54) is 0 Å². The molecule has 0 amide bonds. The first-order valence-corrected chi connectivity index (χ1v) is 2.65. The summed E-state index contributed by atoms with van der Waals surface area (Å²) < 4.78 is 0. The Hall–Kier alpha value is 0.170. The van der Waals surface area contributed by atoms with Crippen molar-refractivity contribution in [1.82, 2.24) is 0 Å². The zero-order valence-electron chi connectivity index (χ0n) is 4.58. The molecule has 6 heavy (non-hydrogen) atoms. The summed E-state index contributed by atoms with van der Waals surface area (Å²) in [6.45, 7) is 6.42. The van der Waals surface area contributed by atoms with E-state index >= 15 is 0 Å². The zero-order chi connectivity index (χ0) is 5.21. The van der Waals surface area contributed by atoms with Crippen LogP contribution in [0.3, 0.4) is 0 Å². The second-order valence-corrected chi connectivity index (χ2v) is 2.80. The van der Waals surface area contributed by atoms with Gasteiger partial charge in [-0.3, -0.25) is 0 Å². The summed E-state index contributed by atoms with van der Waals surface area (Å²) in [5.74, 6) is 1.99. The van der Waals surface area contributed by atoms with Crippen LogP contribution in [0.25, 0.3) is 0 Å². The van der Waals surface area contributed by atoms with Gasteiger partial charge in [0.1, 0.15) is 0 Å². The van der Waals surface area contributed by atoms with Crippen molar-refractivity contribution in [3.8, 4) is 0 Å². The van der Waals surface area contributed by atoms with Crippen molar-refractivity contribution in [1.29, 1.82) is 0 Å². The van der Waals surface area contributed by atoms with Crippen molar-refractivity contribution in [2.24, 2.45) is 5.41 Å². The molecule has 0 radical (unpaired) electrons. The third kappa shape index (κ3) is 4.17. The Morgan fingerprint density at radius 2 is 1.50 bits per heavy atom. The first kappa shape index (κ1) is 6.17. The minimum absolute atomic E-state index is 0.330. The van der Waals surface area contributed by atoms with Crippen LogP contribution < -0.4 is 0 Å². The molecule has 0 aromatic heterocycles. The molecule has 0 aromatic carbocycles. The summed E-state index contributed by atoms with van der Waals surface area (Å²) in [7, 11) is 3.29. The molecule has 0 nitrogen and oxygen atoms in total. The maximum atomic E-state index is 3.29. The maximum absolute atomic E-state index is 3.29. The summed E-state index contributed by atoms with van der Waals surface area (Å²) in [6.07, 6.45) is 0. The molecule has 0 rings (SSSR count). The first-order valence-electron chi connectivity index (χ1n) is 2.08. The fraction of sp³-hybridized carbons (Fsp3) is 0.800. The van der Waals surface area contributed by atoms with Gasteiger partial charge >= 0.3 is 0 Å². The smallest absolute Gasteiger partial charge is 0.0163 e. The highest BCUT2D eigenvalue weighted by Gasteiger charge is 2.00. The Bertz CT molecular complexity index is 49.4. The van der Waals surface area contributed by atoms with Gasteiger partial charge in [0.2, 0.25) is 0 Å². The van der Waals surface area contributed by atoms with Gasteiger partial charge in [-0.2, -0.15) is 0 Å². The summed E-state index contributed by atoms with van der Waals surface area (Å²) >= 11 is 0. The van der Waals surface area contributed by atoms with Crippen LogP contribution in [0.5, 0.6) is 0 Å². The second kappa shape index (κ2) is 1.75. The lowest BCUT2D eigenvalue weighted by Gasteiger charge is -2.07. The van der Waals surface area contributed by atoms with E-state index in [1.807, 2.05) is 5.80 Å². The van der Waals surface area contributed by atoms with Gasteiger partial charge in [-0.25, -0.2) is 0 Å². The highest BCUT2D eigenvalue weighted by Crippen LogP contribution is 2.07. The summed E-state index contributed by atoms with van der Waals surface area (Å²) in [5, 5.41) is 0. The Balaban J connectivity index is 3.45. The van der Waals surface area contributed by atoms with Crippen LogP contribution in [0.4, 0.5) is 0 Å². The third-order valence-corrected chi connectivity index (χ3v) is 1.30. The van der Waals surface area contributed by atoms with Gasteiger partial charge in [-0.15, -0.1) is 8.86 Å². The lowest BCUT2D eigenvalue weighted by Crippen LogP contribution is -2.02. The molecule has 0 aliphatic rings. The average Bonchev–Trinajstić information content (AvgIpc) is 1.35. The molecule has 0 aliphatic carbocycles. The van der Waals surface area contributed by atoms with Crippen molar-refractivity contribution in [2.45, 2.75) is 20.8 Å². The van der Waals surface area contributed by atoms with Crippen LogP contribution in [0, 0.1) is 5.41 Å². The molecule has 0 atom stereocenters. The number of rotatable bonds is 0. The van der Waals surface area contributed by atoms with Crippen molar-refractivity contribution >= 4 is 14.7 Å². The molecule has 0 fully saturated rings. The molecule has 0 heterocycles. The number of hydrogen-bond donors (Lipinski definition) is 0. The summed E-state index contributed by atoms with van der Waals surface area (Å²) in [4.78, 5) is 0. The van der Waals surface area contributed by atoms with E-state index in [4.69, 9.17) is 0 Å². The average molecular weight is 102 g/mol. The highest BCUT2D eigenvalue weighted by molar-refractivity contribution is 7.18. The quantitative estimate of drug-likeness (QED) is 0.410. The van der Waals surface area contributed by atoms with Crippen LogP contribution in [-0.2, 0) is 0 Å². The second-order valence-electron chi connectivity index (χ2n) is 2.51. The first-order chi connectivity index (χ1) is 2.56. The molecule has 0 aliphatic heterocycles. The molecular weight excluding hydrogens is 91.0 g/mol. The van der Waals surface area contributed by atoms with Crippen LogP contribution >= 0.6 is 8.86 Å². The van der Waals surface area contributed by atoms with Crippen LogP contribution in [0.1, 0.15) is 20.8 Å². The summed E-state index contributed by atoms with van der Waals surface area (Å²) in [5.41, 5.74) is 0.330.